The molecule has 0 radical (unpaired) electrons. The number of halogens is 3. The third-order valence-electron chi connectivity index (χ3n) is 9.22. The number of ketones is 1. The standard InChI is InChI=1S/C25H31ClF2O5S/c1-5-20(31)33-25(21(32)34-12-26)13(2)8-15-16-10-18(27)17-9-14(29)6-7-22(17,3)24(16,28)19(30)11-23(15,25)4/h6-7,9,13,15-16,18-19,30H,5,8,10-12H2,1-4H3/t13-,15?,16?,18+,19+,22+,23+,24+,25+/m1/s1. The number of esters is 1. The predicted octanol–water partition coefficient (Wildman–Crippen LogP) is 4.70. The van der Waals surface area contributed by atoms with Crippen molar-refractivity contribution in [2.75, 3.05) is 5.21 Å². The fraction of sp³-hybridized carbons (Fsp3) is 0.720. The van der Waals surface area contributed by atoms with E-state index in [-0.39, 0.29) is 30.0 Å². The molecule has 9 heteroatoms. The van der Waals surface area contributed by atoms with Crippen molar-refractivity contribution in [1.82, 2.24) is 0 Å². The van der Waals surface area contributed by atoms with Gasteiger partial charge in [-0.25, -0.2) is 8.78 Å². The molecule has 0 aromatic carbocycles. The van der Waals surface area contributed by atoms with Gasteiger partial charge in [0.05, 0.1) is 11.3 Å². The third kappa shape index (κ3) is 3.10. The van der Waals surface area contributed by atoms with Gasteiger partial charge in [0.25, 0.3) is 0 Å². The maximum atomic E-state index is 17.3. The number of thioether (sulfide) groups is 1. The second-order valence-corrected chi connectivity index (χ2v) is 12.1. The Morgan fingerprint density at radius 1 is 1.29 bits per heavy atom. The Morgan fingerprint density at radius 3 is 2.59 bits per heavy atom. The van der Waals surface area contributed by atoms with E-state index < -0.39 is 69.0 Å². The number of hydrogen-bond acceptors (Lipinski definition) is 6. The fourth-order valence-corrected chi connectivity index (χ4v) is 8.71. The molecular formula is C25H31ClF2O5S. The highest BCUT2D eigenvalue weighted by molar-refractivity contribution is 8.14. The molecule has 34 heavy (non-hydrogen) atoms. The molecule has 2 unspecified atom stereocenters. The molecule has 1 N–H and O–H groups in total. The number of fused-ring (bicyclic) bond motifs is 5. The first-order chi connectivity index (χ1) is 15.8. The van der Waals surface area contributed by atoms with Gasteiger partial charge in [0.15, 0.2) is 17.1 Å². The van der Waals surface area contributed by atoms with Crippen LogP contribution in [0.15, 0.2) is 23.8 Å². The van der Waals surface area contributed by atoms with Crippen molar-refractivity contribution >= 4 is 40.2 Å². The summed E-state index contributed by atoms with van der Waals surface area (Å²) in [4.78, 5) is 38.0. The summed E-state index contributed by atoms with van der Waals surface area (Å²) < 4.78 is 38.7. The Hall–Kier alpha value is -1.25. The Bertz CT molecular complexity index is 986. The average molecular weight is 517 g/mol. The van der Waals surface area contributed by atoms with Crippen LogP contribution in [0.2, 0.25) is 0 Å². The molecular weight excluding hydrogens is 486 g/mol. The molecule has 3 fully saturated rings. The summed E-state index contributed by atoms with van der Waals surface area (Å²) in [5.74, 6) is -2.95. The lowest BCUT2D eigenvalue weighted by molar-refractivity contribution is -0.228. The van der Waals surface area contributed by atoms with Crippen molar-refractivity contribution in [3.05, 3.63) is 23.8 Å². The van der Waals surface area contributed by atoms with Crippen LogP contribution in [0.4, 0.5) is 8.78 Å². The maximum absolute atomic E-state index is 17.3. The molecule has 0 amide bonds. The average Bonchev–Trinajstić information content (AvgIpc) is 2.99. The molecule has 4 aliphatic rings. The van der Waals surface area contributed by atoms with E-state index in [0.29, 0.717) is 6.42 Å². The number of ether oxygens (including phenoxy) is 1. The Kier molecular flexibility index (Phi) is 6.39. The smallest absolute Gasteiger partial charge is 0.306 e. The summed E-state index contributed by atoms with van der Waals surface area (Å²) in [7, 11) is 0. The molecule has 4 rings (SSSR count). The number of aliphatic hydroxyl groups is 1. The maximum Gasteiger partial charge on any atom is 0.306 e. The Labute approximate surface area is 207 Å². The zero-order valence-corrected chi connectivity index (χ0v) is 21.3. The molecule has 0 bridgehead atoms. The summed E-state index contributed by atoms with van der Waals surface area (Å²) in [6.45, 7) is 6.69. The van der Waals surface area contributed by atoms with Gasteiger partial charge in [0.2, 0.25) is 5.12 Å². The van der Waals surface area contributed by atoms with Crippen molar-refractivity contribution in [1.29, 1.82) is 0 Å². The zero-order valence-electron chi connectivity index (χ0n) is 19.8. The second-order valence-electron chi connectivity index (χ2n) is 10.6. The van der Waals surface area contributed by atoms with Crippen LogP contribution in [0, 0.1) is 28.6 Å². The van der Waals surface area contributed by atoms with E-state index in [0.717, 1.165) is 17.8 Å². The van der Waals surface area contributed by atoms with Crippen LogP contribution >= 0.6 is 23.4 Å². The van der Waals surface area contributed by atoms with Crippen LogP contribution in [0.25, 0.3) is 0 Å². The molecule has 0 aromatic rings. The minimum absolute atomic E-state index is 0.0462. The van der Waals surface area contributed by atoms with Crippen LogP contribution in [-0.2, 0) is 19.1 Å². The lowest BCUT2D eigenvalue weighted by Crippen LogP contribution is -2.70. The number of carbonyl (C=O) groups is 3. The van der Waals surface area contributed by atoms with Gasteiger partial charge in [-0.05, 0) is 49.8 Å². The minimum atomic E-state index is -2.25. The summed E-state index contributed by atoms with van der Waals surface area (Å²) in [6.07, 6.45) is 0.613. The molecule has 0 heterocycles. The molecule has 4 aliphatic carbocycles. The van der Waals surface area contributed by atoms with Gasteiger partial charge in [0, 0.05) is 29.1 Å². The summed E-state index contributed by atoms with van der Waals surface area (Å²) in [6, 6.07) is 0. The number of allylic oxidation sites excluding steroid dienone is 4. The molecule has 0 saturated heterocycles. The van der Waals surface area contributed by atoms with Crippen molar-refractivity contribution in [3.8, 4) is 0 Å². The first-order valence-corrected chi connectivity index (χ1v) is 13.3. The first kappa shape index (κ1) is 25.8. The molecule has 0 aliphatic heterocycles. The van der Waals surface area contributed by atoms with Gasteiger partial charge in [0.1, 0.15) is 6.17 Å². The SMILES string of the molecule is CCC(=O)O[C@]1(C(=O)SCCl)[C@H](C)CC2C3C[C@H](F)C4=CC(=O)C=C[C@]4(C)[C@@]3(F)[C@@H](O)C[C@@]21C. The van der Waals surface area contributed by atoms with Gasteiger partial charge in [-0.1, -0.05) is 38.6 Å². The van der Waals surface area contributed by atoms with E-state index in [1.54, 1.807) is 20.8 Å². The molecule has 188 valence electrons. The second kappa shape index (κ2) is 8.41. The van der Waals surface area contributed by atoms with Crippen LogP contribution < -0.4 is 0 Å². The zero-order chi connectivity index (χ0) is 25.3. The highest BCUT2D eigenvalue weighted by Gasteiger charge is 2.78. The minimum Gasteiger partial charge on any atom is -0.449 e. The highest BCUT2D eigenvalue weighted by atomic mass is 35.5. The van der Waals surface area contributed by atoms with Gasteiger partial charge in [-0.2, -0.15) is 0 Å². The summed E-state index contributed by atoms with van der Waals surface area (Å²) in [5, 5.41) is 11.0. The van der Waals surface area contributed by atoms with E-state index in [1.807, 2.05) is 0 Å². The normalized spacial score (nSPS) is 47.4. The summed E-state index contributed by atoms with van der Waals surface area (Å²) in [5.41, 5.74) is -6.46. The lowest BCUT2D eigenvalue weighted by atomic mass is 9.44. The molecule has 5 nitrogen and oxygen atoms in total. The molecule has 0 aromatic heterocycles. The monoisotopic (exact) mass is 516 g/mol. The summed E-state index contributed by atoms with van der Waals surface area (Å²) >= 11 is 6.69. The van der Waals surface area contributed by atoms with Crippen LogP contribution in [0.3, 0.4) is 0 Å². The van der Waals surface area contributed by atoms with Crippen molar-refractivity contribution in [2.24, 2.45) is 28.6 Å². The van der Waals surface area contributed by atoms with Crippen LogP contribution in [-0.4, -0.2) is 50.7 Å². The van der Waals surface area contributed by atoms with Gasteiger partial charge >= 0.3 is 5.97 Å². The van der Waals surface area contributed by atoms with Gasteiger partial charge < -0.3 is 9.84 Å². The molecule has 3 saturated carbocycles. The third-order valence-corrected chi connectivity index (χ3v) is 10.2. The molecule has 0 spiro atoms. The predicted molar refractivity (Wildman–Crippen MR) is 126 cm³/mol. The number of rotatable bonds is 4. The number of hydrogen-bond donors (Lipinski definition) is 1. The van der Waals surface area contributed by atoms with Gasteiger partial charge in [-0.15, -0.1) is 11.6 Å². The number of carbonyl (C=O) groups excluding carboxylic acids is 3. The highest BCUT2D eigenvalue weighted by Crippen LogP contribution is 2.72. The van der Waals surface area contributed by atoms with Crippen molar-refractivity contribution < 1.29 is 33.0 Å². The number of alkyl halides is 3. The Balaban J connectivity index is 1.87. The quantitative estimate of drug-likeness (QED) is 0.431. The van der Waals surface area contributed by atoms with Crippen LogP contribution in [0.1, 0.15) is 53.4 Å². The lowest BCUT2D eigenvalue weighted by Gasteiger charge is -2.63. The van der Waals surface area contributed by atoms with Crippen molar-refractivity contribution in [3.63, 3.8) is 0 Å². The first-order valence-electron chi connectivity index (χ1n) is 11.7. The Morgan fingerprint density at radius 2 is 1.97 bits per heavy atom. The van der Waals surface area contributed by atoms with Crippen molar-refractivity contribution in [2.45, 2.75) is 76.9 Å². The van der Waals surface area contributed by atoms with E-state index in [2.05, 4.69) is 0 Å². The van der Waals surface area contributed by atoms with E-state index >= 15 is 8.78 Å². The molecule has 9 atom stereocenters. The fourth-order valence-electron chi connectivity index (χ4n) is 7.63. The van der Waals surface area contributed by atoms with E-state index in [1.165, 1.54) is 19.1 Å². The number of aliphatic hydroxyl groups excluding tert-OH is 1. The van der Waals surface area contributed by atoms with Gasteiger partial charge in [-0.3, -0.25) is 14.4 Å². The van der Waals surface area contributed by atoms with E-state index in [9.17, 15) is 19.5 Å². The van der Waals surface area contributed by atoms with Crippen LogP contribution in [0.5, 0.6) is 0 Å². The topological polar surface area (TPSA) is 80.7 Å². The largest absolute Gasteiger partial charge is 0.449 e. The van der Waals surface area contributed by atoms with E-state index in [4.69, 9.17) is 16.3 Å².